The molecule has 0 saturated heterocycles. The van der Waals surface area contributed by atoms with Crippen molar-refractivity contribution in [2.45, 2.75) is 32.2 Å². The van der Waals surface area contributed by atoms with Gasteiger partial charge in [0, 0.05) is 11.8 Å². The molecule has 6 heteroatoms. The summed E-state index contributed by atoms with van der Waals surface area (Å²) in [6.07, 6.45) is 1.43. The molecule has 0 radical (unpaired) electrons. The van der Waals surface area contributed by atoms with E-state index in [-0.39, 0.29) is 17.5 Å². The maximum Gasteiger partial charge on any atom is 0.159 e. The van der Waals surface area contributed by atoms with Crippen LogP contribution in [0.25, 0.3) is 0 Å². The lowest BCUT2D eigenvalue weighted by Crippen LogP contribution is -2.24. The van der Waals surface area contributed by atoms with Crippen molar-refractivity contribution in [3.8, 4) is 0 Å². The molecule has 0 aliphatic carbocycles. The Kier molecular flexibility index (Phi) is 5.87. The second kappa shape index (κ2) is 6.96. The molecule has 0 spiro atoms. The second-order valence-electron chi connectivity index (χ2n) is 4.59. The van der Waals surface area contributed by atoms with Crippen LogP contribution < -0.4 is 5.73 Å². The van der Waals surface area contributed by atoms with E-state index in [2.05, 4.69) is 0 Å². The van der Waals surface area contributed by atoms with Crippen LogP contribution in [0.2, 0.25) is 0 Å². The second-order valence-corrected chi connectivity index (χ2v) is 7.06. The number of hydrogen-bond acceptors (Lipinski definition) is 3. The Hall–Kier alpha value is -1.01. The van der Waals surface area contributed by atoms with Crippen molar-refractivity contribution in [1.29, 1.82) is 0 Å². The molecule has 0 amide bonds. The number of sulfone groups is 1. The maximum atomic E-state index is 13.0. The van der Waals surface area contributed by atoms with Gasteiger partial charge in [-0.1, -0.05) is 13.0 Å². The van der Waals surface area contributed by atoms with Crippen LogP contribution in [-0.4, -0.2) is 26.0 Å². The Morgan fingerprint density at radius 1 is 1.26 bits per heavy atom. The predicted molar refractivity (Wildman–Crippen MR) is 71.6 cm³/mol. The van der Waals surface area contributed by atoms with Crippen LogP contribution in [0, 0.1) is 11.6 Å². The molecular formula is C13H19F2NO2S. The van der Waals surface area contributed by atoms with Crippen molar-refractivity contribution in [2.75, 3.05) is 11.5 Å². The Morgan fingerprint density at radius 2 is 1.95 bits per heavy atom. The lowest BCUT2D eigenvalue weighted by molar-refractivity contribution is 0.505. The van der Waals surface area contributed by atoms with Gasteiger partial charge in [-0.15, -0.1) is 0 Å². The molecule has 0 aliphatic rings. The molecule has 0 bridgehead atoms. The molecule has 1 atom stereocenters. The lowest BCUT2D eigenvalue weighted by atomic mass is 10.0. The van der Waals surface area contributed by atoms with Gasteiger partial charge in [0.15, 0.2) is 11.6 Å². The van der Waals surface area contributed by atoms with Gasteiger partial charge < -0.3 is 5.73 Å². The third-order valence-electron chi connectivity index (χ3n) is 2.95. The fourth-order valence-corrected chi connectivity index (χ4v) is 2.68. The predicted octanol–water partition coefficient (Wildman–Crippen LogP) is 2.05. The van der Waals surface area contributed by atoms with E-state index in [1.54, 1.807) is 6.92 Å². The van der Waals surface area contributed by atoms with E-state index in [0.29, 0.717) is 24.8 Å². The number of hydrogen-bond donors (Lipinski definition) is 1. The van der Waals surface area contributed by atoms with Crippen LogP contribution in [-0.2, 0) is 16.3 Å². The van der Waals surface area contributed by atoms with Crippen LogP contribution in [0.15, 0.2) is 18.2 Å². The maximum absolute atomic E-state index is 13.0. The van der Waals surface area contributed by atoms with E-state index in [0.717, 1.165) is 12.1 Å². The van der Waals surface area contributed by atoms with Gasteiger partial charge in [-0.3, -0.25) is 0 Å². The van der Waals surface area contributed by atoms with E-state index in [9.17, 15) is 17.2 Å². The number of halogens is 2. The summed E-state index contributed by atoms with van der Waals surface area (Å²) in [6, 6.07) is 3.43. The van der Waals surface area contributed by atoms with Crippen molar-refractivity contribution in [1.82, 2.24) is 0 Å². The number of nitrogens with two attached hydrogens (primary N) is 1. The first kappa shape index (κ1) is 16.0. The molecule has 108 valence electrons. The van der Waals surface area contributed by atoms with Crippen molar-refractivity contribution >= 4 is 9.84 Å². The van der Waals surface area contributed by atoms with Gasteiger partial charge in [-0.25, -0.2) is 17.2 Å². The molecule has 2 N–H and O–H groups in total. The highest BCUT2D eigenvalue weighted by atomic mass is 32.2. The summed E-state index contributed by atoms with van der Waals surface area (Å²) in [7, 11) is -2.97. The van der Waals surface area contributed by atoms with E-state index in [1.165, 1.54) is 6.07 Å². The van der Waals surface area contributed by atoms with Crippen LogP contribution in [0.5, 0.6) is 0 Å². The molecule has 3 nitrogen and oxygen atoms in total. The van der Waals surface area contributed by atoms with E-state index >= 15 is 0 Å². The molecule has 0 saturated carbocycles. The minimum Gasteiger partial charge on any atom is -0.327 e. The van der Waals surface area contributed by atoms with Crippen LogP contribution in [0.4, 0.5) is 8.78 Å². The molecule has 0 aromatic heterocycles. The highest BCUT2D eigenvalue weighted by Crippen LogP contribution is 2.12. The average Bonchev–Trinajstić information content (AvgIpc) is 2.33. The van der Waals surface area contributed by atoms with Gasteiger partial charge >= 0.3 is 0 Å². The zero-order chi connectivity index (χ0) is 14.5. The van der Waals surface area contributed by atoms with Gasteiger partial charge in [0.1, 0.15) is 9.84 Å². The number of rotatable bonds is 7. The first-order valence-corrected chi connectivity index (χ1v) is 8.06. The average molecular weight is 291 g/mol. The summed E-state index contributed by atoms with van der Waals surface area (Å²) in [5, 5.41) is 0. The zero-order valence-electron chi connectivity index (χ0n) is 10.9. The highest BCUT2D eigenvalue weighted by molar-refractivity contribution is 7.91. The third-order valence-corrected chi connectivity index (χ3v) is 4.74. The summed E-state index contributed by atoms with van der Waals surface area (Å²) in [5.74, 6) is -1.52. The smallest absolute Gasteiger partial charge is 0.159 e. The van der Waals surface area contributed by atoms with Crippen molar-refractivity contribution < 1.29 is 17.2 Å². The largest absolute Gasteiger partial charge is 0.327 e. The molecule has 1 aromatic rings. The Labute approximate surface area is 112 Å². The standard InChI is InChI=1S/C13H19F2NO2S/c1-2-19(17,18)7-3-4-11(16)8-10-5-6-12(14)13(15)9-10/h5-6,9,11H,2-4,7-8,16H2,1H3. The van der Waals surface area contributed by atoms with Gasteiger partial charge in [0.25, 0.3) is 0 Å². The summed E-state index contributed by atoms with van der Waals surface area (Å²) in [5.41, 5.74) is 6.47. The SMILES string of the molecule is CCS(=O)(=O)CCCC(N)Cc1ccc(F)c(F)c1. The fourth-order valence-electron chi connectivity index (χ4n) is 1.78. The topological polar surface area (TPSA) is 60.2 Å². The lowest BCUT2D eigenvalue weighted by Gasteiger charge is -2.11. The van der Waals surface area contributed by atoms with Crippen LogP contribution in [0.3, 0.4) is 0 Å². The molecular weight excluding hydrogens is 272 g/mol. The molecule has 0 fully saturated rings. The summed E-state index contributed by atoms with van der Waals surface area (Å²) in [4.78, 5) is 0. The Balaban J connectivity index is 2.43. The Morgan fingerprint density at radius 3 is 2.53 bits per heavy atom. The normalized spacial score (nSPS) is 13.5. The van der Waals surface area contributed by atoms with Crippen LogP contribution in [0.1, 0.15) is 25.3 Å². The molecule has 0 aliphatic heterocycles. The molecule has 1 unspecified atom stereocenters. The van der Waals surface area contributed by atoms with E-state index in [1.807, 2.05) is 0 Å². The summed E-state index contributed by atoms with van der Waals surface area (Å²) < 4.78 is 48.3. The minimum atomic E-state index is -2.97. The Bertz CT molecular complexity index is 517. The van der Waals surface area contributed by atoms with Crippen molar-refractivity contribution in [3.63, 3.8) is 0 Å². The molecule has 1 aromatic carbocycles. The van der Waals surface area contributed by atoms with Gasteiger partial charge in [-0.05, 0) is 37.0 Å². The first-order valence-electron chi connectivity index (χ1n) is 6.24. The highest BCUT2D eigenvalue weighted by Gasteiger charge is 2.11. The molecule has 1 rings (SSSR count). The van der Waals surface area contributed by atoms with Gasteiger partial charge in [-0.2, -0.15) is 0 Å². The summed E-state index contributed by atoms with van der Waals surface area (Å²) in [6.45, 7) is 1.61. The minimum absolute atomic E-state index is 0.120. The number of benzene rings is 1. The third kappa shape index (κ3) is 5.65. The molecule has 19 heavy (non-hydrogen) atoms. The van der Waals surface area contributed by atoms with Crippen molar-refractivity contribution in [2.24, 2.45) is 5.73 Å². The van der Waals surface area contributed by atoms with E-state index < -0.39 is 21.5 Å². The van der Waals surface area contributed by atoms with Gasteiger partial charge in [0.05, 0.1) is 5.75 Å². The van der Waals surface area contributed by atoms with Crippen molar-refractivity contribution in [3.05, 3.63) is 35.4 Å². The monoisotopic (exact) mass is 291 g/mol. The van der Waals surface area contributed by atoms with Gasteiger partial charge in [0.2, 0.25) is 0 Å². The first-order chi connectivity index (χ1) is 8.84. The quantitative estimate of drug-likeness (QED) is 0.836. The zero-order valence-corrected chi connectivity index (χ0v) is 11.7. The van der Waals surface area contributed by atoms with E-state index in [4.69, 9.17) is 5.73 Å². The fraction of sp³-hybridized carbons (Fsp3) is 0.538. The summed E-state index contributed by atoms with van der Waals surface area (Å²) >= 11 is 0. The van der Waals surface area contributed by atoms with Crippen LogP contribution >= 0.6 is 0 Å². The molecule has 0 heterocycles.